The molecule has 5 nitrogen and oxygen atoms in total. The van der Waals surface area contributed by atoms with Gasteiger partial charge in [0.05, 0.1) is 16.1 Å². The third kappa shape index (κ3) is 5.14. The highest BCUT2D eigenvalue weighted by molar-refractivity contribution is 7.86. The molecule has 0 radical (unpaired) electrons. The normalized spacial score (nSPS) is 12.8. The Labute approximate surface area is 147 Å². The Kier molecular flexibility index (Phi) is 6.11. The van der Waals surface area contributed by atoms with Gasteiger partial charge in [0.25, 0.3) is 5.91 Å². The van der Waals surface area contributed by atoms with Gasteiger partial charge in [-0.25, -0.2) is 14.1 Å². The lowest BCUT2D eigenvalue weighted by Crippen LogP contribution is -2.14. The quantitative estimate of drug-likeness (QED) is 0.318. The van der Waals surface area contributed by atoms with Crippen molar-refractivity contribution in [3.05, 3.63) is 65.5 Å². The fourth-order valence-electron chi connectivity index (χ4n) is 1.88. The topological polar surface area (TPSA) is 78.4 Å². The van der Waals surface area contributed by atoms with Crippen molar-refractivity contribution in [2.24, 2.45) is 0 Å². The van der Waals surface area contributed by atoms with Crippen LogP contribution in [0.4, 0.5) is 23.2 Å². The summed E-state index contributed by atoms with van der Waals surface area (Å²) >= 11 is 0. The number of hydroxylamine groups is 1. The molecule has 0 fully saturated rings. The minimum atomic E-state index is -4.66. The zero-order chi connectivity index (χ0) is 19.3. The molecule has 138 valence electrons. The number of carbonyl (C=O) groups excluding carboxylic acids is 1. The molecule has 2 aromatic rings. The van der Waals surface area contributed by atoms with Gasteiger partial charge >= 0.3 is 6.18 Å². The van der Waals surface area contributed by atoms with E-state index in [0.717, 1.165) is 6.08 Å². The Bertz CT molecular complexity index is 869. The van der Waals surface area contributed by atoms with Crippen LogP contribution < -0.4 is 10.2 Å². The third-order valence-electron chi connectivity index (χ3n) is 3.11. The van der Waals surface area contributed by atoms with Crippen LogP contribution in [0.3, 0.4) is 0 Å². The second-order valence-electron chi connectivity index (χ2n) is 4.95. The maximum atomic E-state index is 13.7. The Morgan fingerprint density at radius 2 is 1.88 bits per heavy atom. The average molecular weight is 388 g/mol. The number of hydrogen-bond acceptors (Lipinski definition) is 3. The monoisotopic (exact) mass is 388 g/mol. The highest BCUT2D eigenvalue weighted by atomic mass is 32.2. The second-order valence-corrected chi connectivity index (χ2v) is 6.16. The number of alkyl halides is 3. The molecule has 2 aromatic carbocycles. The Balaban J connectivity index is 2.23. The lowest BCUT2D eigenvalue weighted by Gasteiger charge is -2.11. The number of anilines is 1. The van der Waals surface area contributed by atoms with Crippen molar-refractivity contribution >= 4 is 28.7 Å². The number of nitrogens with one attached hydrogen (secondary N) is 2. The van der Waals surface area contributed by atoms with E-state index >= 15 is 0 Å². The van der Waals surface area contributed by atoms with Gasteiger partial charge in [-0.15, -0.1) is 0 Å². The summed E-state index contributed by atoms with van der Waals surface area (Å²) in [6, 6.07) is 7.60. The maximum absolute atomic E-state index is 13.7. The van der Waals surface area contributed by atoms with Gasteiger partial charge in [-0.05, 0) is 42.0 Å². The molecule has 10 heteroatoms. The molecule has 0 aliphatic heterocycles. The molecule has 0 heterocycles. The van der Waals surface area contributed by atoms with E-state index in [-0.39, 0.29) is 4.90 Å². The van der Waals surface area contributed by atoms with Crippen LogP contribution in [0.25, 0.3) is 6.08 Å². The fraction of sp³-hybridized carbons (Fsp3) is 0.0625. The average Bonchev–Trinajstić information content (AvgIpc) is 2.60. The smallest absolute Gasteiger partial charge is 0.298 e. The van der Waals surface area contributed by atoms with Crippen LogP contribution >= 0.6 is 0 Å². The number of amides is 1. The molecule has 0 saturated heterocycles. The first-order valence-corrected chi connectivity index (χ1v) is 8.13. The molecule has 26 heavy (non-hydrogen) atoms. The number of carbonyl (C=O) groups is 1. The summed E-state index contributed by atoms with van der Waals surface area (Å²) in [4.78, 5) is 11.1. The van der Waals surface area contributed by atoms with Crippen molar-refractivity contribution in [3.63, 3.8) is 0 Å². The van der Waals surface area contributed by atoms with Crippen LogP contribution in [-0.4, -0.2) is 15.3 Å². The summed E-state index contributed by atoms with van der Waals surface area (Å²) in [7, 11) is -2.05. The highest BCUT2D eigenvalue weighted by Crippen LogP contribution is 2.32. The second kappa shape index (κ2) is 8.11. The van der Waals surface area contributed by atoms with Gasteiger partial charge in [0.1, 0.15) is 16.8 Å². The standard InChI is InChI=1S/C16H12F4N2O3S/c17-13-6-5-11(16(18,19)20)9-14(13)22-26(25)12-3-1-2-10(8-12)4-7-15(23)21-24/h1-9,22,24H,(H,21,23)/b7-4+. The van der Waals surface area contributed by atoms with Crippen molar-refractivity contribution < 1.29 is 31.8 Å². The van der Waals surface area contributed by atoms with E-state index in [2.05, 4.69) is 4.72 Å². The molecule has 1 amide bonds. The number of hydrogen-bond donors (Lipinski definition) is 3. The molecule has 3 N–H and O–H groups in total. The van der Waals surface area contributed by atoms with E-state index in [1.807, 2.05) is 0 Å². The van der Waals surface area contributed by atoms with Gasteiger partial charge in [0, 0.05) is 6.08 Å². The Morgan fingerprint density at radius 3 is 2.54 bits per heavy atom. The van der Waals surface area contributed by atoms with Crippen LogP contribution in [0.1, 0.15) is 11.1 Å². The molecule has 0 bridgehead atoms. The van der Waals surface area contributed by atoms with Crippen molar-refractivity contribution in [1.29, 1.82) is 0 Å². The van der Waals surface area contributed by atoms with Crippen molar-refractivity contribution in [2.75, 3.05) is 4.72 Å². The van der Waals surface area contributed by atoms with Gasteiger partial charge in [-0.2, -0.15) is 13.2 Å². The molecular weight excluding hydrogens is 376 g/mol. The van der Waals surface area contributed by atoms with Crippen molar-refractivity contribution in [2.45, 2.75) is 11.1 Å². The van der Waals surface area contributed by atoms with E-state index in [0.29, 0.717) is 23.8 Å². The summed E-state index contributed by atoms with van der Waals surface area (Å²) in [6.07, 6.45) is -2.33. The molecule has 0 saturated carbocycles. The summed E-state index contributed by atoms with van der Waals surface area (Å²) in [6.45, 7) is 0. The van der Waals surface area contributed by atoms with Crippen molar-refractivity contribution in [1.82, 2.24) is 5.48 Å². The molecule has 0 spiro atoms. The minimum absolute atomic E-state index is 0.147. The first kappa shape index (κ1) is 19.6. The zero-order valence-corrected chi connectivity index (χ0v) is 13.7. The van der Waals surface area contributed by atoms with Gasteiger partial charge in [0.15, 0.2) is 0 Å². The molecule has 0 aliphatic carbocycles. The van der Waals surface area contributed by atoms with Gasteiger partial charge in [0.2, 0.25) is 0 Å². The molecule has 0 aromatic heterocycles. The number of halogens is 4. The van der Waals surface area contributed by atoms with E-state index in [1.54, 1.807) is 6.07 Å². The number of benzene rings is 2. The first-order chi connectivity index (χ1) is 12.2. The van der Waals surface area contributed by atoms with E-state index in [1.165, 1.54) is 29.8 Å². The van der Waals surface area contributed by atoms with E-state index in [9.17, 15) is 26.6 Å². The molecule has 0 aliphatic rings. The SMILES string of the molecule is O=C(/C=C/c1cccc(S(=O)Nc2cc(C(F)(F)F)ccc2F)c1)NO. The van der Waals surface area contributed by atoms with Crippen LogP contribution in [-0.2, 0) is 22.0 Å². The van der Waals surface area contributed by atoms with Crippen molar-refractivity contribution in [3.8, 4) is 0 Å². The van der Waals surface area contributed by atoms with E-state index in [4.69, 9.17) is 5.21 Å². The van der Waals surface area contributed by atoms with Gasteiger partial charge < -0.3 is 0 Å². The lowest BCUT2D eigenvalue weighted by molar-refractivity contribution is -0.137. The summed E-state index contributed by atoms with van der Waals surface area (Å²) < 4.78 is 66.3. The maximum Gasteiger partial charge on any atom is 0.416 e. The van der Waals surface area contributed by atoms with Gasteiger partial charge in [-0.1, -0.05) is 12.1 Å². The Hall–Kier alpha value is -2.72. The first-order valence-electron chi connectivity index (χ1n) is 6.98. The van der Waals surface area contributed by atoms with Crippen LogP contribution in [0.2, 0.25) is 0 Å². The van der Waals surface area contributed by atoms with Gasteiger partial charge in [-0.3, -0.25) is 14.7 Å². The van der Waals surface area contributed by atoms with Crippen LogP contribution in [0.5, 0.6) is 0 Å². The summed E-state index contributed by atoms with van der Waals surface area (Å²) in [5.41, 5.74) is 0.198. The Morgan fingerprint density at radius 1 is 1.15 bits per heavy atom. The molecule has 1 unspecified atom stereocenters. The minimum Gasteiger partial charge on any atom is -0.298 e. The highest BCUT2D eigenvalue weighted by Gasteiger charge is 2.31. The zero-order valence-electron chi connectivity index (χ0n) is 12.9. The molecular formula is C16H12F4N2O3S. The number of rotatable bonds is 5. The molecule has 2 rings (SSSR count). The fourth-order valence-corrected chi connectivity index (χ4v) is 2.80. The predicted octanol–water partition coefficient (Wildman–Crippen LogP) is 3.50. The summed E-state index contributed by atoms with van der Waals surface area (Å²) in [5, 5.41) is 8.40. The lowest BCUT2D eigenvalue weighted by atomic mass is 10.2. The third-order valence-corrected chi connectivity index (χ3v) is 4.19. The van der Waals surface area contributed by atoms with E-state index < -0.39 is 40.1 Å². The predicted molar refractivity (Wildman–Crippen MR) is 86.8 cm³/mol. The molecule has 1 atom stereocenters. The van der Waals surface area contributed by atoms with Crippen LogP contribution in [0.15, 0.2) is 53.4 Å². The summed E-state index contributed by atoms with van der Waals surface area (Å²) in [5.74, 6) is -1.76. The largest absolute Gasteiger partial charge is 0.416 e. The van der Waals surface area contributed by atoms with Crippen LogP contribution in [0, 0.1) is 5.82 Å².